The maximum absolute atomic E-state index is 11.8. The van der Waals surface area contributed by atoms with Gasteiger partial charge in [0.05, 0.1) is 13.0 Å². The van der Waals surface area contributed by atoms with E-state index in [1.165, 1.54) is 18.0 Å². The number of aliphatic carboxylic acids is 1. The fraction of sp³-hybridized carbons (Fsp3) is 0.364. The Balaban J connectivity index is 2.41. The van der Waals surface area contributed by atoms with Crippen LogP contribution in [-0.2, 0) is 9.59 Å². The zero-order chi connectivity index (χ0) is 14.4. The van der Waals surface area contributed by atoms with E-state index in [4.69, 9.17) is 9.52 Å². The van der Waals surface area contributed by atoms with Crippen molar-refractivity contribution < 1.29 is 23.9 Å². The van der Waals surface area contributed by atoms with Crippen LogP contribution in [0.3, 0.4) is 0 Å². The molecule has 0 aromatic carbocycles. The number of nitrogens with zero attached hydrogens (tertiary/aromatic N) is 1. The Hall–Kier alpha value is -1.83. The molecule has 1 aromatic rings. The molecule has 8 heteroatoms. The monoisotopic (exact) mass is 332 g/mol. The molecule has 0 spiro atoms. The predicted molar refractivity (Wildman–Crippen MR) is 68.6 cm³/mol. The first-order valence-corrected chi connectivity index (χ1v) is 6.18. The molecular weight excluding hydrogens is 320 g/mol. The van der Waals surface area contributed by atoms with Gasteiger partial charge in [-0.15, -0.1) is 0 Å². The van der Waals surface area contributed by atoms with Gasteiger partial charge in [0.25, 0.3) is 5.91 Å². The number of halogens is 1. The molecule has 19 heavy (non-hydrogen) atoms. The summed E-state index contributed by atoms with van der Waals surface area (Å²) in [5.74, 6) is -1.74. The Bertz CT molecular complexity index is 485. The first-order chi connectivity index (χ1) is 8.90. The summed E-state index contributed by atoms with van der Waals surface area (Å²) in [5, 5.41) is 10.8. The largest absolute Gasteiger partial charge is 0.481 e. The van der Waals surface area contributed by atoms with Crippen LogP contribution in [0.5, 0.6) is 0 Å². The third-order valence-corrected chi connectivity index (χ3v) is 2.60. The van der Waals surface area contributed by atoms with Gasteiger partial charge in [-0.25, -0.2) is 0 Å². The van der Waals surface area contributed by atoms with Gasteiger partial charge in [0.15, 0.2) is 10.4 Å². The summed E-state index contributed by atoms with van der Waals surface area (Å²) >= 11 is 3.08. The van der Waals surface area contributed by atoms with Gasteiger partial charge in [-0.3, -0.25) is 14.4 Å². The minimum absolute atomic E-state index is 0.0303. The predicted octanol–water partition coefficient (Wildman–Crippen LogP) is 0.705. The zero-order valence-corrected chi connectivity index (χ0v) is 11.8. The number of furan rings is 1. The average Bonchev–Trinajstić information content (AvgIpc) is 2.74. The normalized spacial score (nSPS) is 10.0. The van der Waals surface area contributed by atoms with Crippen molar-refractivity contribution in [3.63, 3.8) is 0 Å². The van der Waals surface area contributed by atoms with E-state index in [1.807, 2.05) is 0 Å². The second kappa shape index (κ2) is 6.93. The lowest BCUT2D eigenvalue weighted by Crippen LogP contribution is -2.38. The molecule has 1 aromatic heterocycles. The fourth-order valence-electron chi connectivity index (χ4n) is 1.27. The maximum Gasteiger partial charge on any atom is 0.305 e. The summed E-state index contributed by atoms with van der Waals surface area (Å²) in [6.07, 6.45) is -0.158. The number of amides is 2. The number of nitrogens with one attached hydrogen (secondary N) is 1. The van der Waals surface area contributed by atoms with E-state index in [9.17, 15) is 14.4 Å². The third kappa shape index (κ3) is 5.12. The first-order valence-electron chi connectivity index (χ1n) is 5.39. The van der Waals surface area contributed by atoms with E-state index in [1.54, 1.807) is 6.07 Å². The topological polar surface area (TPSA) is 99.9 Å². The molecule has 0 atom stereocenters. The molecule has 1 rings (SSSR count). The van der Waals surface area contributed by atoms with Crippen LogP contribution in [0.4, 0.5) is 0 Å². The van der Waals surface area contributed by atoms with Gasteiger partial charge >= 0.3 is 5.97 Å². The first kappa shape index (κ1) is 15.2. The van der Waals surface area contributed by atoms with Crippen molar-refractivity contribution in [2.45, 2.75) is 6.42 Å². The number of hydrogen-bond acceptors (Lipinski definition) is 4. The number of carbonyl (C=O) groups is 3. The Morgan fingerprint density at radius 3 is 2.63 bits per heavy atom. The molecule has 0 aliphatic heterocycles. The van der Waals surface area contributed by atoms with E-state index in [-0.39, 0.29) is 25.3 Å². The van der Waals surface area contributed by atoms with Gasteiger partial charge in [0.2, 0.25) is 5.91 Å². The number of carbonyl (C=O) groups excluding carboxylic acids is 2. The standard InChI is InChI=1S/C11H13BrN2O5/c1-14(6-9(15)13-5-4-10(16)17)11(18)7-2-3-8(12)19-7/h2-3H,4-6H2,1H3,(H,13,15)(H,16,17). The molecule has 0 aliphatic rings. The number of rotatable bonds is 6. The van der Waals surface area contributed by atoms with Gasteiger partial charge in [-0.1, -0.05) is 0 Å². The van der Waals surface area contributed by atoms with Crippen LogP contribution in [0.1, 0.15) is 17.0 Å². The van der Waals surface area contributed by atoms with Crippen LogP contribution in [0.25, 0.3) is 0 Å². The number of carboxylic acids is 1. The highest BCUT2D eigenvalue weighted by Crippen LogP contribution is 2.15. The molecule has 0 saturated heterocycles. The molecule has 2 amide bonds. The summed E-state index contributed by atoms with van der Waals surface area (Å²) in [5.41, 5.74) is 0. The summed E-state index contributed by atoms with van der Waals surface area (Å²) in [6.45, 7) is -0.140. The van der Waals surface area contributed by atoms with Crippen LogP contribution >= 0.6 is 15.9 Å². The van der Waals surface area contributed by atoms with Crippen LogP contribution < -0.4 is 5.32 Å². The molecule has 0 radical (unpaired) electrons. The zero-order valence-electron chi connectivity index (χ0n) is 10.2. The minimum atomic E-state index is -0.995. The van der Waals surface area contributed by atoms with Gasteiger partial charge in [-0.05, 0) is 28.1 Å². The molecular formula is C11H13BrN2O5. The molecule has 0 unspecified atom stereocenters. The van der Waals surface area contributed by atoms with Crippen molar-refractivity contribution in [2.75, 3.05) is 20.1 Å². The molecule has 2 N–H and O–H groups in total. The highest BCUT2D eigenvalue weighted by atomic mass is 79.9. The van der Waals surface area contributed by atoms with E-state index < -0.39 is 17.8 Å². The van der Waals surface area contributed by atoms with E-state index >= 15 is 0 Å². The lowest BCUT2D eigenvalue weighted by atomic mass is 10.3. The van der Waals surface area contributed by atoms with Crippen molar-refractivity contribution in [3.8, 4) is 0 Å². The molecule has 0 bridgehead atoms. The van der Waals surface area contributed by atoms with Crippen molar-refractivity contribution in [2.24, 2.45) is 0 Å². The van der Waals surface area contributed by atoms with Gasteiger partial charge in [-0.2, -0.15) is 0 Å². The Morgan fingerprint density at radius 1 is 1.42 bits per heavy atom. The van der Waals surface area contributed by atoms with Gasteiger partial charge in [0.1, 0.15) is 0 Å². The number of carboxylic acid groups (broad SMARTS) is 1. The van der Waals surface area contributed by atoms with Crippen molar-refractivity contribution in [1.82, 2.24) is 10.2 Å². The third-order valence-electron chi connectivity index (χ3n) is 2.17. The van der Waals surface area contributed by atoms with E-state index in [0.717, 1.165) is 0 Å². The van der Waals surface area contributed by atoms with Crippen LogP contribution in [-0.4, -0.2) is 47.9 Å². The molecule has 1 heterocycles. The summed E-state index contributed by atoms with van der Waals surface area (Å²) < 4.78 is 5.50. The van der Waals surface area contributed by atoms with Crippen molar-refractivity contribution in [3.05, 3.63) is 22.6 Å². The highest BCUT2D eigenvalue weighted by Gasteiger charge is 2.17. The van der Waals surface area contributed by atoms with Gasteiger partial charge < -0.3 is 19.7 Å². The van der Waals surface area contributed by atoms with Gasteiger partial charge in [0, 0.05) is 13.6 Å². The second-order valence-electron chi connectivity index (χ2n) is 3.76. The highest BCUT2D eigenvalue weighted by molar-refractivity contribution is 9.10. The average molecular weight is 333 g/mol. The molecule has 0 saturated carbocycles. The lowest BCUT2D eigenvalue weighted by molar-refractivity contribution is -0.136. The Kier molecular flexibility index (Phi) is 5.56. The smallest absolute Gasteiger partial charge is 0.305 e. The molecule has 0 aliphatic carbocycles. The van der Waals surface area contributed by atoms with Crippen LogP contribution in [0, 0.1) is 0 Å². The molecule has 7 nitrogen and oxygen atoms in total. The van der Waals surface area contributed by atoms with E-state index in [0.29, 0.717) is 4.67 Å². The van der Waals surface area contributed by atoms with E-state index in [2.05, 4.69) is 21.2 Å². The fourth-order valence-corrected chi connectivity index (χ4v) is 1.58. The molecule has 104 valence electrons. The minimum Gasteiger partial charge on any atom is -0.481 e. The maximum atomic E-state index is 11.8. The SMILES string of the molecule is CN(CC(=O)NCCC(=O)O)C(=O)c1ccc(Br)o1. The lowest BCUT2D eigenvalue weighted by Gasteiger charge is -2.15. The van der Waals surface area contributed by atoms with Crippen LogP contribution in [0.15, 0.2) is 21.2 Å². The number of likely N-dealkylation sites (N-methyl/N-ethyl adjacent to an activating group) is 1. The van der Waals surface area contributed by atoms with Crippen LogP contribution in [0.2, 0.25) is 0 Å². The second-order valence-corrected chi connectivity index (χ2v) is 4.54. The van der Waals surface area contributed by atoms with Crippen molar-refractivity contribution in [1.29, 1.82) is 0 Å². The van der Waals surface area contributed by atoms with Crippen molar-refractivity contribution >= 4 is 33.7 Å². The molecule has 0 fully saturated rings. The quantitative estimate of drug-likeness (QED) is 0.798. The summed E-state index contributed by atoms with van der Waals surface area (Å²) in [6, 6.07) is 3.07. The Morgan fingerprint density at radius 2 is 2.11 bits per heavy atom. The summed E-state index contributed by atoms with van der Waals surface area (Å²) in [4.78, 5) is 34.7. The summed E-state index contributed by atoms with van der Waals surface area (Å²) in [7, 11) is 1.45. The Labute approximate surface area is 117 Å². The number of hydrogen-bond donors (Lipinski definition) is 2.